The van der Waals surface area contributed by atoms with Crippen LogP contribution in [0.5, 0.6) is 0 Å². The van der Waals surface area contributed by atoms with Crippen LogP contribution in [0.15, 0.2) is 0 Å². The first kappa shape index (κ1) is 13.7. The maximum Gasteiger partial charge on any atom is 0.190 e. The van der Waals surface area contributed by atoms with Gasteiger partial charge >= 0.3 is 0 Å². The molecule has 0 aromatic rings. The first-order chi connectivity index (χ1) is 7.04. The zero-order valence-corrected chi connectivity index (χ0v) is 9.30. The third-order valence-electron chi connectivity index (χ3n) is 2.42. The predicted molar refractivity (Wildman–Crippen MR) is 54.8 cm³/mol. The van der Waals surface area contributed by atoms with Gasteiger partial charge in [0, 0.05) is 13.1 Å². The Balaban J connectivity index is 0.000000336. The predicted octanol–water partition coefficient (Wildman–Crippen LogP) is -0.544. The fourth-order valence-corrected chi connectivity index (χ4v) is 1.42. The van der Waals surface area contributed by atoms with Crippen LogP contribution in [0.25, 0.3) is 0 Å². The van der Waals surface area contributed by atoms with E-state index in [1.807, 2.05) is 6.92 Å². The summed E-state index contributed by atoms with van der Waals surface area (Å²) in [5, 5.41) is 25.9. The highest BCUT2D eigenvalue weighted by molar-refractivity contribution is 4.77. The lowest BCUT2D eigenvalue weighted by molar-refractivity contribution is -0.00537. The molecular weight excluding hydrogens is 194 g/mol. The molecule has 0 saturated carbocycles. The van der Waals surface area contributed by atoms with Gasteiger partial charge in [0.1, 0.15) is 6.23 Å². The highest BCUT2D eigenvalue weighted by atomic mass is 16.3. The summed E-state index contributed by atoms with van der Waals surface area (Å²) in [5.74, 6) is 0. The van der Waals surface area contributed by atoms with Gasteiger partial charge < -0.3 is 5.11 Å². The van der Waals surface area contributed by atoms with Crippen LogP contribution >= 0.6 is 0 Å². The second-order valence-corrected chi connectivity index (χ2v) is 3.33. The van der Waals surface area contributed by atoms with Gasteiger partial charge in [-0.3, -0.25) is 9.80 Å². The molecule has 0 aromatic carbocycles. The van der Waals surface area contributed by atoms with Crippen LogP contribution in [0.2, 0.25) is 0 Å². The SMILES string of the molecule is CC(O)N1CCN(C)C1C.N#CNC#N. The van der Waals surface area contributed by atoms with E-state index in [4.69, 9.17) is 10.5 Å². The Bertz CT molecular complexity index is 242. The third kappa shape index (κ3) is 4.61. The summed E-state index contributed by atoms with van der Waals surface area (Å²) in [6, 6.07) is 0. The molecule has 84 valence electrons. The number of aliphatic hydroxyl groups excluding tert-OH is 1. The molecule has 1 saturated heterocycles. The van der Waals surface area contributed by atoms with Gasteiger partial charge in [-0.05, 0) is 20.9 Å². The quantitative estimate of drug-likeness (QED) is 0.447. The normalized spacial score (nSPS) is 23.2. The molecule has 6 nitrogen and oxygen atoms in total. The molecule has 1 heterocycles. The highest BCUT2D eigenvalue weighted by Gasteiger charge is 2.27. The van der Waals surface area contributed by atoms with Crippen molar-refractivity contribution in [2.45, 2.75) is 26.2 Å². The van der Waals surface area contributed by atoms with E-state index in [9.17, 15) is 5.11 Å². The number of rotatable bonds is 1. The van der Waals surface area contributed by atoms with Crippen LogP contribution < -0.4 is 5.32 Å². The summed E-state index contributed by atoms with van der Waals surface area (Å²) in [5.41, 5.74) is 0. The van der Waals surface area contributed by atoms with Crippen molar-refractivity contribution in [3.05, 3.63) is 0 Å². The second kappa shape index (κ2) is 7.02. The first-order valence-corrected chi connectivity index (χ1v) is 4.71. The van der Waals surface area contributed by atoms with E-state index in [-0.39, 0.29) is 6.23 Å². The van der Waals surface area contributed by atoms with Gasteiger partial charge in [-0.25, -0.2) is 5.32 Å². The number of nitrogens with zero attached hydrogens (tertiary/aromatic N) is 4. The van der Waals surface area contributed by atoms with E-state index in [2.05, 4.69) is 23.8 Å². The van der Waals surface area contributed by atoms with Gasteiger partial charge in [-0.1, -0.05) is 0 Å². The molecular formula is C9H17N5O. The van der Waals surface area contributed by atoms with E-state index < -0.39 is 0 Å². The Morgan fingerprint density at radius 3 is 2.07 bits per heavy atom. The Kier molecular flexibility index (Phi) is 6.39. The summed E-state index contributed by atoms with van der Waals surface area (Å²) < 4.78 is 0. The number of nitrogens with one attached hydrogen (secondary N) is 1. The van der Waals surface area contributed by atoms with Gasteiger partial charge in [0.25, 0.3) is 0 Å². The Labute approximate surface area is 90.3 Å². The van der Waals surface area contributed by atoms with Crippen LogP contribution in [-0.2, 0) is 0 Å². The van der Waals surface area contributed by atoms with E-state index >= 15 is 0 Å². The summed E-state index contributed by atoms with van der Waals surface area (Å²) >= 11 is 0. The molecule has 1 fully saturated rings. The Morgan fingerprint density at radius 1 is 1.40 bits per heavy atom. The maximum absolute atomic E-state index is 9.24. The maximum atomic E-state index is 9.24. The molecule has 2 atom stereocenters. The van der Waals surface area contributed by atoms with Crippen LogP contribution in [-0.4, -0.2) is 47.4 Å². The van der Waals surface area contributed by atoms with Gasteiger partial charge in [0.2, 0.25) is 0 Å². The zero-order chi connectivity index (χ0) is 11.8. The molecule has 0 radical (unpaired) electrons. The Morgan fingerprint density at radius 2 is 1.93 bits per heavy atom. The van der Waals surface area contributed by atoms with Crippen LogP contribution in [0.3, 0.4) is 0 Å². The van der Waals surface area contributed by atoms with E-state index in [1.165, 1.54) is 12.4 Å². The molecule has 6 heteroatoms. The largest absolute Gasteiger partial charge is 0.379 e. The summed E-state index contributed by atoms with van der Waals surface area (Å²) in [7, 11) is 2.08. The lowest BCUT2D eigenvalue weighted by atomic mass is 10.4. The summed E-state index contributed by atoms with van der Waals surface area (Å²) in [4.78, 5) is 4.30. The van der Waals surface area contributed by atoms with Crippen molar-refractivity contribution in [2.24, 2.45) is 0 Å². The smallest absolute Gasteiger partial charge is 0.190 e. The van der Waals surface area contributed by atoms with Crippen LogP contribution in [0.1, 0.15) is 13.8 Å². The van der Waals surface area contributed by atoms with Gasteiger partial charge in [0.15, 0.2) is 12.4 Å². The summed E-state index contributed by atoms with van der Waals surface area (Å²) in [6.45, 7) is 5.97. The van der Waals surface area contributed by atoms with Crippen molar-refractivity contribution in [3.63, 3.8) is 0 Å². The van der Waals surface area contributed by atoms with Crippen molar-refractivity contribution >= 4 is 0 Å². The molecule has 0 spiro atoms. The third-order valence-corrected chi connectivity index (χ3v) is 2.42. The van der Waals surface area contributed by atoms with Crippen molar-refractivity contribution in [2.75, 3.05) is 20.1 Å². The summed E-state index contributed by atoms with van der Waals surface area (Å²) in [6.07, 6.45) is 2.90. The monoisotopic (exact) mass is 211 g/mol. The van der Waals surface area contributed by atoms with Crippen molar-refractivity contribution < 1.29 is 5.11 Å². The molecule has 0 aromatic heterocycles. The minimum Gasteiger partial charge on any atom is -0.379 e. The minimum atomic E-state index is -0.306. The molecule has 0 amide bonds. The average Bonchev–Trinajstić information content (AvgIpc) is 2.50. The van der Waals surface area contributed by atoms with Crippen molar-refractivity contribution in [1.29, 1.82) is 10.5 Å². The zero-order valence-electron chi connectivity index (χ0n) is 9.30. The second-order valence-electron chi connectivity index (χ2n) is 3.33. The molecule has 0 aliphatic carbocycles. The number of nitriles is 2. The Hall–Kier alpha value is -1.34. The number of hydrogen-bond donors (Lipinski definition) is 2. The van der Waals surface area contributed by atoms with E-state index in [1.54, 1.807) is 5.32 Å². The first-order valence-electron chi connectivity index (χ1n) is 4.71. The number of aliphatic hydroxyl groups is 1. The van der Waals surface area contributed by atoms with E-state index in [0.29, 0.717) is 6.17 Å². The van der Waals surface area contributed by atoms with Crippen molar-refractivity contribution in [1.82, 2.24) is 15.1 Å². The molecule has 2 unspecified atom stereocenters. The highest BCUT2D eigenvalue weighted by Crippen LogP contribution is 2.13. The average molecular weight is 211 g/mol. The fraction of sp³-hybridized carbons (Fsp3) is 0.778. The standard InChI is InChI=1S/C7H16N2O.C2HN3/c1-6-8(3)4-5-9(6)7(2)10;3-1-5-2-4/h6-7,10H,4-5H2,1-3H3;5H. The minimum absolute atomic E-state index is 0.306. The number of hydrogen-bond acceptors (Lipinski definition) is 6. The molecule has 1 rings (SSSR count). The van der Waals surface area contributed by atoms with Gasteiger partial charge in [0.05, 0.1) is 6.17 Å². The lowest BCUT2D eigenvalue weighted by Gasteiger charge is -2.26. The van der Waals surface area contributed by atoms with Crippen LogP contribution in [0.4, 0.5) is 0 Å². The van der Waals surface area contributed by atoms with Crippen molar-refractivity contribution in [3.8, 4) is 12.4 Å². The van der Waals surface area contributed by atoms with E-state index in [0.717, 1.165) is 13.1 Å². The topological polar surface area (TPSA) is 86.3 Å². The molecule has 15 heavy (non-hydrogen) atoms. The molecule has 1 aliphatic heterocycles. The number of likely N-dealkylation sites (N-methyl/N-ethyl adjacent to an activating group) is 1. The lowest BCUT2D eigenvalue weighted by Crippen LogP contribution is -2.39. The molecule has 2 N–H and O–H groups in total. The molecule has 0 bridgehead atoms. The molecule has 1 aliphatic rings. The van der Waals surface area contributed by atoms with Gasteiger partial charge in [-0.15, -0.1) is 0 Å². The van der Waals surface area contributed by atoms with Gasteiger partial charge in [-0.2, -0.15) is 10.5 Å². The fourth-order valence-electron chi connectivity index (χ4n) is 1.42. The van der Waals surface area contributed by atoms with Crippen LogP contribution in [0, 0.1) is 22.9 Å².